The Kier molecular flexibility index (Phi) is 7.15. The summed E-state index contributed by atoms with van der Waals surface area (Å²) in [5.74, 6) is -0.813. The predicted octanol–water partition coefficient (Wildman–Crippen LogP) is 5.99. The lowest BCUT2D eigenvalue weighted by Gasteiger charge is -2.23. The Hall–Kier alpha value is -3.38. The van der Waals surface area contributed by atoms with Crippen LogP contribution in [0.25, 0.3) is 10.8 Å². The van der Waals surface area contributed by atoms with Crippen LogP contribution in [0.1, 0.15) is 20.8 Å². The summed E-state index contributed by atoms with van der Waals surface area (Å²) in [7, 11) is -3.93. The highest BCUT2D eigenvalue weighted by atomic mass is 31.2. The Labute approximate surface area is 185 Å². The first-order valence-electron chi connectivity index (χ1n) is 10.1. The molecule has 8 nitrogen and oxygen atoms in total. The fraction of sp³-hybridized carbons (Fsp3) is 0.261. The van der Waals surface area contributed by atoms with E-state index in [0.717, 1.165) is 10.8 Å². The van der Waals surface area contributed by atoms with Gasteiger partial charge in [0, 0.05) is 17.5 Å². The second kappa shape index (κ2) is 9.83. The van der Waals surface area contributed by atoms with Crippen LogP contribution in [0, 0.1) is 16.0 Å². The quantitative estimate of drug-likeness (QED) is 0.168. The molecule has 0 saturated carbocycles. The van der Waals surface area contributed by atoms with E-state index in [1.165, 1.54) is 24.3 Å². The van der Waals surface area contributed by atoms with Crippen molar-refractivity contribution in [2.24, 2.45) is 5.92 Å². The molecular formula is C23H24NO7P. The maximum absolute atomic E-state index is 13.8. The zero-order valence-corrected chi connectivity index (χ0v) is 18.9. The van der Waals surface area contributed by atoms with Crippen LogP contribution in [0.5, 0.6) is 11.5 Å². The number of nitro groups is 1. The number of benzene rings is 3. The molecule has 0 spiro atoms. The zero-order valence-electron chi connectivity index (χ0n) is 18.0. The van der Waals surface area contributed by atoms with Crippen LogP contribution in [-0.2, 0) is 14.1 Å². The molecule has 0 aromatic heterocycles. The number of rotatable bonds is 9. The molecule has 168 valence electrons. The largest absolute Gasteiger partial charge is 0.463 e. The Morgan fingerprint density at radius 3 is 2.28 bits per heavy atom. The molecule has 32 heavy (non-hydrogen) atoms. The van der Waals surface area contributed by atoms with Crippen molar-refractivity contribution >= 4 is 30.0 Å². The molecule has 3 rings (SSSR count). The van der Waals surface area contributed by atoms with Crippen LogP contribution < -0.4 is 9.05 Å². The first-order chi connectivity index (χ1) is 15.2. The molecule has 0 amide bonds. The van der Waals surface area contributed by atoms with Crippen molar-refractivity contribution in [3.63, 3.8) is 0 Å². The van der Waals surface area contributed by atoms with E-state index in [1.807, 2.05) is 30.3 Å². The summed E-state index contributed by atoms with van der Waals surface area (Å²) in [6.45, 7) is 5.04. The summed E-state index contributed by atoms with van der Waals surface area (Å²) in [5, 5.41) is 12.5. The molecule has 0 aliphatic heterocycles. The minimum absolute atomic E-state index is 0.128. The summed E-state index contributed by atoms with van der Waals surface area (Å²) >= 11 is 0. The van der Waals surface area contributed by atoms with E-state index in [2.05, 4.69) is 0 Å². The van der Waals surface area contributed by atoms with Gasteiger partial charge in [-0.1, -0.05) is 43.3 Å². The molecular weight excluding hydrogens is 433 g/mol. The van der Waals surface area contributed by atoms with Gasteiger partial charge < -0.3 is 13.8 Å². The number of hydrogen-bond acceptors (Lipinski definition) is 7. The van der Waals surface area contributed by atoms with E-state index in [-0.39, 0.29) is 23.7 Å². The monoisotopic (exact) mass is 457 g/mol. The fourth-order valence-electron chi connectivity index (χ4n) is 3.07. The third-order valence-electron chi connectivity index (χ3n) is 4.53. The number of esters is 1. The molecule has 0 N–H and O–H groups in total. The molecule has 3 aromatic carbocycles. The number of fused-ring (bicyclic) bond motifs is 1. The maximum Gasteiger partial charge on any atom is 0.431 e. The number of carbonyl (C=O) groups excluding carboxylic acids is 1. The number of non-ortho nitro benzene ring substituents is 1. The van der Waals surface area contributed by atoms with E-state index in [9.17, 15) is 19.5 Å². The molecule has 0 aliphatic carbocycles. The summed E-state index contributed by atoms with van der Waals surface area (Å²) < 4.78 is 30.7. The molecule has 0 heterocycles. The molecule has 9 heteroatoms. The van der Waals surface area contributed by atoms with Crippen molar-refractivity contribution < 1.29 is 28.1 Å². The van der Waals surface area contributed by atoms with Gasteiger partial charge in [-0.25, -0.2) is 4.57 Å². The molecule has 3 aromatic rings. The summed E-state index contributed by atoms with van der Waals surface area (Å²) in [5.41, 5.74) is -0.129. The molecule has 0 saturated heterocycles. The van der Waals surface area contributed by atoms with Gasteiger partial charge in [0.15, 0.2) is 0 Å². The van der Waals surface area contributed by atoms with Crippen LogP contribution >= 0.6 is 7.60 Å². The Morgan fingerprint density at radius 2 is 1.62 bits per heavy atom. The number of nitrogens with zero attached hydrogens (tertiary/aromatic N) is 1. The van der Waals surface area contributed by atoms with E-state index in [0.29, 0.717) is 5.75 Å². The Morgan fingerprint density at radius 1 is 0.969 bits per heavy atom. The van der Waals surface area contributed by atoms with Crippen LogP contribution in [0.4, 0.5) is 5.69 Å². The van der Waals surface area contributed by atoms with Crippen molar-refractivity contribution in [1.82, 2.24) is 0 Å². The fourth-order valence-corrected chi connectivity index (χ4v) is 4.97. The molecule has 0 radical (unpaired) electrons. The highest BCUT2D eigenvalue weighted by molar-refractivity contribution is 7.54. The molecule has 0 aliphatic rings. The van der Waals surface area contributed by atoms with Crippen molar-refractivity contribution in [3.8, 4) is 11.5 Å². The lowest BCUT2D eigenvalue weighted by atomic mass is 10.1. The van der Waals surface area contributed by atoms with Gasteiger partial charge in [0.05, 0.1) is 23.1 Å². The van der Waals surface area contributed by atoms with Crippen molar-refractivity contribution in [3.05, 3.63) is 76.8 Å². The molecule has 0 bridgehead atoms. The number of nitro benzene ring substituents is 1. The smallest absolute Gasteiger partial charge is 0.431 e. The first kappa shape index (κ1) is 23.3. The third-order valence-corrected chi connectivity index (χ3v) is 6.49. The lowest BCUT2D eigenvalue weighted by molar-refractivity contribution is -0.384. The number of carbonyl (C=O) groups is 1. The standard InChI is InChI=1S/C23H24NO7P/c1-16(2)29-23(25)17(3)15-32(28,30-20-13-11-19(12-14-20)24(26)27)31-22-10-6-8-18-7-4-5-9-21(18)22/h4-14,16-17H,15H2,1-3H3/t17-,32?/m1/s1. The van der Waals surface area contributed by atoms with Crippen LogP contribution in [0.15, 0.2) is 66.7 Å². The molecule has 1 unspecified atom stereocenters. The van der Waals surface area contributed by atoms with Gasteiger partial charge in [-0.3, -0.25) is 14.9 Å². The first-order valence-corrected chi connectivity index (χ1v) is 11.8. The highest BCUT2D eigenvalue weighted by Crippen LogP contribution is 2.51. The van der Waals surface area contributed by atoms with E-state index < -0.39 is 24.4 Å². The SMILES string of the molecule is CC(C)OC(=O)[C@H](C)CP(=O)(Oc1ccc([N+](=O)[O-])cc1)Oc1cccc2ccccc12. The minimum Gasteiger partial charge on any atom is -0.463 e. The van der Waals surface area contributed by atoms with Gasteiger partial charge in [0.2, 0.25) is 0 Å². The number of ether oxygens (including phenoxy) is 1. The highest BCUT2D eigenvalue weighted by Gasteiger charge is 2.35. The second-order valence-electron chi connectivity index (χ2n) is 7.59. The van der Waals surface area contributed by atoms with E-state index in [4.69, 9.17) is 13.8 Å². The van der Waals surface area contributed by atoms with E-state index >= 15 is 0 Å². The molecule has 2 atom stereocenters. The van der Waals surface area contributed by atoms with E-state index in [1.54, 1.807) is 32.9 Å². The third kappa shape index (κ3) is 5.86. The van der Waals surface area contributed by atoms with Crippen molar-refractivity contribution in [1.29, 1.82) is 0 Å². The van der Waals surface area contributed by atoms with Gasteiger partial charge in [-0.05, 0) is 37.4 Å². The van der Waals surface area contributed by atoms with Crippen molar-refractivity contribution in [2.45, 2.75) is 26.9 Å². The number of hydrogen-bond donors (Lipinski definition) is 0. The van der Waals surface area contributed by atoms with Gasteiger partial charge >= 0.3 is 13.6 Å². The molecule has 0 fully saturated rings. The summed E-state index contributed by atoms with van der Waals surface area (Å²) in [6.07, 6.45) is -0.558. The normalized spacial score (nSPS) is 13.9. The topological polar surface area (TPSA) is 105 Å². The Bertz CT molecular complexity index is 1160. The Balaban J connectivity index is 1.93. The second-order valence-corrected chi connectivity index (χ2v) is 9.54. The zero-order chi connectivity index (χ0) is 23.3. The summed E-state index contributed by atoms with van der Waals surface area (Å²) in [4.78, 5) is 22.7. The van der Waals surface area contributed by atoms with Crippen LogP contribution in [0.3, 0.4) is 0 Å². The van der Waals surface area contributed by atoms with Gasteiger partial charge in [0.25, 0.3) is 5.69 Å². The minimum atomic E-state index is -3.93. The van der Waals surface area contributed by atoms with Gasteiger partial charge in [-0.2, -0.15) is 0 Å². The lowest BCUT2D eigenvalue weighted by Crippen LogP contribution is -2.23. The summed E-state index contributed by atoms with van der Waals surface area (Å²) in [6, 6.07) is 17.9. The average Bonchev–Trinajstić information content (AvgIpc) is 2.73. The van der Waals surface area contributed by atoms with Crippen LogP contribution in [-0.4, -0.2) is 23.2 Å². The van der Waals surface area contributed by atoms with Gasteiger partial charge in [-0.15, -0.1) is 0 Å². The average molecular weight is 457 g/mol. The predicted molar refractivity (Wildman–Crippen MR) is 121 cm³/mol. The van der Waals surface area contributed by atoms with Crippen molar-refractivity contribution in [2.75, 3.05) is 6.16 Å². The van der Waals surface area contributed by atoms with Gasteiger partial charge in [0.1, 0.15) is 11.5 Å². The maximum atomic E-state index is 13.8. The van der Waals surface area contributed by atoms with Crippen LogP contribution in [0.2, 0.25) is 0 Å².